The van der Waals surface area contributed by atoms with Gasteiger partial charge in [-0.15, -0.1) is 0 Å². The number of carbonyl (C=O) groups is 2. The van der Waals surface area contributed by atoms with Crippen molar-refractivity contribution in [2.24, 2.45) is 5.92 Å². The van der Waals surface area contributed by atoms with Crippen LogP contribution in [0.15, 0.2) is 30.6 Å². The summed E-state index contributed by atoms with van der Waals surface area (Å²) in [6, 6.07) is 7.15. The Labute approximate surface area is 197 Å². The minimum absolute atomic E-state index is 0.0161. The normalized spacial score (nSPS) is 13.2. The zero-order valence-electron chi connectivity index (χ0n) is 17.6. The van der Waals surface area contributed by atoms with E-state index >= 15 is 4.39 Å². The van der Waals surface area contributed by atoms with Crippen molar-refractivity contribution in [3.05, 3.63) is 51.1 Å². The van der Waals surface area contributed by atoms with Crippen LogP contribution in [0.4, 0.5) is 15.8 Å². The highest BCUT2D eigenvalue weighted by Gasteiger charge is 2.25. The lowest BCUT2D eigenvalue weighted by Gasteiger charge is -2.16. The number of hydrogen-bond donors (Lipinski definition) is 2. The number of aryl methyl sites for hydroxylation is 1. The summed E-state index contributed by atoms with van der Waals surface area (Å²) in [7, 11) is 1.27. The predicted molar refractivity (Wildman–Crippen MR) is 125 cm³/mol. The van der Waals surface area contributed by atoms with E-state index in [9.17, 15) is 9.59 Å². The van der Waals surface area contributed by atoms with Gasteiger partial charge < -0.3 is 14.6 Å². The Morgan fingerprint density at radius 3 is 2.78 bits per heavy atom. The molecule has 10 heteroatoms. The lowest BCUT2D eigenvalue weighted by molar-refractivity contribution is -0.141. The summed E-state index contributed by atoms with van der Waals surface area (Å²) in [5.74, 6) is -1.36. The number of ether oxygens (including phenoxy) is 1. The molecule has 0 unspecified atom stereocenters. The van der Waals surface area contributed by atoms with Crippen LogP contribution in [0.3, 0.4) is 0 Å². The number of imidazole rings is 1. The molecule has 3 aromatic rings. The van der Waals surface area contributed by atoms with Crippen molar-refractivity contribution in [1.29, 1.82) is 0 Å². The summed E-state index contributed by atoms with van der Waals surface area (Å²) in [4.78, 5) is 34.1. The topological polar surface area (TPSA) is 94.5 Å². The Kier molecular flexibility index (Phi) is 6.60. The number of hydrogen-bond acceptors (Lipinski definition) is 6. The van der Waals surface area contributed by atoms with E-state index in [0.29, 0.717) is 23.7 Å². The lowest BCUT2D eigenvalue weighted by atomic mass is 10.1. The number of aromatic nitrogens is 2. The predicted octanol–water partition coefficient (Wildman–Crippen LogP) is 4.08. The molecule has 8 nitrogen and oxygen atoms in total. The Bertz CT molecular complexity index is 1190. The highest BCUT2D eigenvalue weighted by atomic mass is 127. The maximum atomic E-state index is 15.6. The number of rotatable bonds is 8. The van der Waals surface area contributed by atoms with Crippen LogP contribution >= 0.6 is 22.6 Å². The van der Waals surface area contributed by atoms with E-state index < -0.39 is 17.7 Å². The quantitative estimate of drug-likeness (QED) is 0.249. The largest absolute Gasteiger partial charge is 0.468 e. The second-order valence-electron chi connectivity index (χ2n) is 7.70. The molecule has 2 aromatic carbocycles. The molecular formula is C22H22FIN4O4. The van der Waals surface area contributed by atoms with E-state index in [1.165, 1.54) is 24.1 Å². The highest BCUT2D eigenvalue weighted by molar-refractivity contribution is 14.1. The van der Waals surface area contributed by atoms with E-state index in [1.54, 1.807) is 0 Å². The number of hydroxylamine groups is 1. The van der Waals surface area contributed by atoms with Gasteiger partial charge in [0.15, 0.2) is 5.82 Å². The number of anilines is 2. The first kappa shape index (κ1) is 22.5. The molecule has 4 rings (SSSR count). The summed E-state index contributed by atoms with van der Waals surface area (Å²) in [6.45, 7) is 2.15. The van der Waals surface area contributed by atoms with Crippen molar-refractivity contribution in [3.8, 4) is 0 Å². The van der Waals surface area contributed by atoms with Gasteiger partial charge in [-0.1, -0.05) is 0 Å². The molecule has 1 heterocycles. The second kappa shape index (κ2) is 9.41. The number of nitrogens with zero attached hydrogens (tertiary/aromatic N) is 2. The molecule has 1 aromatic heterocycles. The molecule has 1 fully saturated rings. The van der Waals surface area contributed by atoms with E-state index in [0.717, 1.165) is 22.0 Å². The highest BCUT2D eigenvalue weighted by Crippen LogP contribution is 2.33. The molecule has 0 spiro atoms. The Balaban J connectivity index is 1.75. The van der Waals surface area contributed by atoms with Crippen molar-refractivity contribution in [2.75, 3.05) is 19.0 Å². The van der Waals surface area contributed by atoms with E-state index in [4.69, 9.17) is 9.57 Å². The molecule has 1 aliphatic carbocycles. The van der Waals surface area contributed by atoms with Gasteiger partial charge >= 0.3 is 5.97 Å². The van der Waals surface area contributed by atoms with Crippen LogP contribution in [0.1, 0.15) is 28.8 Å². The van der Waals surface area contributed by atoms with Gasteiger partial charge in [0.05, 0.1) is 36.8 Å². The fraction of sp³-hybridized carbons (Fsp3) is 0.318. The van der Waals surface area contributed by atoms with Crippen LogP contribution < -0.4 is 10.8 Å². The van der Waals surface area contributed by atoms with Gasteiger partial charge in [-0.2, -0.15) is 0 Å². The Morgan fingerprint density at radius 2 is 2.09 bits per heavy atom. The second-order valence-corrected chi connectivity index (χ2v) is 8.94. The summed E-state index contributed by atoms with van der Waals surface area (Å²) < 4.78 is 22.8. The first-order valence-electron chi connectivity index (χ1n) is 10.1. The number of nitrogens with one attached hydrogen (secondary N) is 2. The first-order chi connectivity index (χ1) is 15.4. The third-order valence-corrected chi connectivity index (χ3v) is 5.93. The fourth-order valence-electron chi connectivity index (χ4n) is 3.26. The average molecular weight is 552 g/mol. The molecule has 0 aliphatic heterocycles. The minimum atomic E-state index is -0.698. The van der Waals surface area contributed by atoms with Crippen molar-refractivity contribution in [1.82, 2.24) is 15.0 Å². The summed E-state index contributed by atoms with van der Waals surface area (Å²) in [6.07, 6.45) is 3.49. The Morgan fingerprint density at radius 1 is 1.31 bits per heavy atom. The van der Waals surface area contributed by atoms with Crippen molar-refractivity contribution >= 4 is 56.9 Å². The fourth-order valence-corrected chi connectivity index (χ4v) is 3.90. The van der Waals surface area contributed by atoms with Crippen LogP contribution in [0.2, 0.25) is 0 Å². The van der Waals surface area contributed by atoms with Crippen LogP contribution in [0, 0.1) is 22.2 Å². The van der Waals surface area contributed by atoms with Gasteiger partial charge in [0.1, 0.15) is 12.1 Å². The van der Waals surface area contributed by atoms with Gasteiger partial charge in [-0.05, 0) is 78.1 Å². The lowest BCUT2D eigenvalue weighted by Crippen LogP contribution is -2.26. The van der Waals surface area contributed by atoms with Crippen molar-refractivity contribution < 1.29 is 23.6 Å². The van der Waals surface area contributed by atoms with E-state index in [1.807, 2.05) is 25.1 Å². The molecule has 1 amide bonds. The SMILES string of the molecule is COC(=O)Cn1cnc2c(F)c(Nc3ccc(I)cc3C)c(C(=O)NOCC3CC3)cc21. The monoisotopic (exact) mass is 552 g/mol. The molecule has 168 valence electrons. The molecular weight excluding hydrogens is 530 g/mol. The minimum Gasteiger partial charge on any atom is -0.468 e. The third-order valence-electron chi connectivity index (χ3n) is 5.26. The number of methoxy groups -OCH3 is 1. The maximum absolute atomic E-state index is 15.6. The average Bonchev–Trinajstić information content (AvgIpc) is 3.50. The zero-order valence-corrected chi connectivity index (χ0v) is 19.7. The molecule has 2 N–H and O–H groups in total. The molecule has 0 radical (unpaired) electrons. The number of benzene rings is 2. The van der Waals surface area contributed by atoms with Gasteiger partial charge in [0.25, 0.3) is 5.91 Å². The van der Waals surface area contributed by atoms with Crippen molar-refractivity contribution in [3.63, 3.8) is 0 Å². The van der Waals surface area contributed by atoms with Crippen LogP contribution in [-0.4, -0.2) is 35.1 Å². The number of carbonyl (C=O) groups excluding carboxylic acids is 2. The standard InChI is InChI=1S/C22H22FIN4O4/c1-12-7-14(24)5-6-16(12)26-20-15(22(30)27-32-10-13-3-4-13)8-17-21(19(20)23)25-11-28(17)9-18(29)31-2/h5-8,11,13,26H,3-4,9-10H2,1-2H3,(H,27,30). The number of esters is 1. The van der Waals surface area contributed by atoms with E-state index in [-0.39, 0.29) is 23.3 Å². The number of halogens is 2. The van der Waals surface area contributed by atoms with Gasteiger partial charge in [0, 0.05) is 9.26 Å². The molecule has 1 saturated carbocycles. The van der Waals surface area contributed by atoms with Gasteiger partial charge in [-0.3, -0.25) is 14.4 Å². The van der Waals surface area contributed by atoms with Crippen molar-refractivity contribution in [2.45, 2.75) is 26.3 Å². The number of fused-ring (bicyclic) bond motifs is 1. The maximum Gasteiger partial charge on any atom is 0.325 e. The smallest absolute Gasteiger partial charge is 0.325 e. The molecule has 0 bridgehead atoms. The summed E-state index contributed by atoms with van der Waals surface area (Å²) >= 11 is 2.20. The zero-order chi connectivity index (χ0) is 22.8. The third kappa shape index (κ3) is 4.85. The molecule has 0 saturated heterocycles. The summed E-state index contributed by atoms with van der Waals surface area (Å²) in [5, 5.41) is 3.05. The van der Waals surface area contributed by atoms with Crippen LogP contribution in [0.5, 0.6) is 0 Å². The first-order valence-corrected chi connectivity index (χ1v) is 11.1. The van der Waals surface area contributed by atoms with Gasteiger partial charge in [-0.25, -0.2) is 14.9 Å². The number of amides is 1. The van der Waals surface area contributed by atoms with Gasteiger partial charge in [0.2, 0.25) is 0 Å². The molecule has 0 atom stereocenters. The molecule has 32 heavy (non-hydrogen) atoms. The molecule has 1 aliphatic rings. The van der Waals surface area contributed by atoms with Crippen LogP contribution in [-0.2, 0) is 20.9 Å². The Hall–Kier alpha value is -2.73. The van der Waals surface area contributed by atoms with E-state index in [2.05, 4.69) is 38.4 Å². The van der Waals surface area contributed by atoms with Crippen LogP contribution in [0.25, 0.3) is 11.0 Å². The summed E-state index contributed by atoms with van der Waals surface area (Å²) in [5.41, 5.74) is 4.31.